The van der Waals surface area contributed by atoms with Crippen LogP contribution in [0.3, 0.4) is 0 Å². The van der Waals surface area contributed by atoms with Crippen LogP contribution in [0.25, 0.3) is 0 Å². The van der Waals surface area contributed by atoms with E-state index >= 15 is 0 Å². The van der Waals surface area contributed by atoms with E-state index in [1.54, 1.807) is 20.9 Å². The van der Waals surface area contributed by atoms with Crippen molar-refractivity contribution in [2.45, 2.75) is 6.54 Å². The summed E-state index contributed by atoms with van der Waals surface area (Å²) in [4.78, 5) is 44.9. The number of nitrogens with zero attached hydrogens (tertiary/aromatic N) is 5. The molecule has 0 unspecified atom stereocenters. The molecule has 0 amide bonds. The van der Waals surface area contributed by atoms with E-state index in [0.29, 0.717) is 58.9 Å². The predicted molar refractivity (Wildman–Crippen MR) is 104 cm³/mol. The Kier molecular flexibility index (Phi) is 10.3. The van der Waals surface area contributed by atoms with Gasteiger partial charge < -0.3 is 29.7 Å². The van der Waals surface area contributed by atoms with E-state index in [9.17, 15) is 29.7 Å². The van der Waals surface area contributed by atoms with E-state index in [-0.39, 0.29) is 19.6 Å². The van der Waals surface area contributed by atoms with Gasteiger partial charge >= 0.3 is 0 Å². The van der Waals surface area contributed by atoms with Crippen molar-refractivity contribution in [2.75, 3.05) is 72.0 Å². The maximum atomic E-state index is 11.2. The van der Waals surface area contributed by atoms with Crippen LogP contribution in [0.1, 0.15) is 5.69 Å². The van der Waals surface area contributed by atoms with Gasteiger partial charge in [0.2, 0.25) is 0 Å². The summed E-state index contributed by atoms with van der Waals surface area (Å²) in [6, 6.07) is 5.60. The lowest BCUT2D eigenvalue weighted by Crippen LogP contribution is -2.51. The molecule has 0 N–H and O–H groups in total. The topological polar surface area (TPSA) is 146 Å². The molecule has 0 aromatic carbocycles. The smallest absolute Gasteiger partial charge is 0.0555 e. The molecule has 31 heavy (non-hydrogen) atoms. The average Bonchev–Trinajstić information content (AvgIpc) is 2.69. The first-order valence-corrected chi connectivity index (χ1v) is 10.2. The van der Waals surface area contributed by atoms with Gasteiger partial charge in [0.1, 0.15) is 0 Å². The van der Waals surface area contributed by atoms with Gasteiger partial charge in [-0.15, -0.1) is 0 Å². The van der Waals surface area contributed by atoms with Crippen LogP contribution >= 0.6 is 0 Å². The second-order valence-corrected chi connectivity index (χ2v) is 7.54. The molecule has 172 valence electrons. The van der Waals surface area contributed by atoms with Crippen LogP contribution in [-0.2, 0) is 20.9 Å². The van der Waals surface area contributed by atoms with E-state index < -0.39 is 17.9 Å². The van der Waals surface area contributed by atoms with Crippen molar-refractivity contribution >= 4 is 17.9 Å². The number of rotatable bonds is 8. The number of hydrogen-bond donors (Lipinski definition) is 0. The molecule has 0 atom stereocenters. The van der Waals surface area contributed by atoms with Crippen LogP contribution in [0.2, 0.25) is 0 Å². The van der Waals surface area contributed by atoms with Crippen molar-refractivity contribution in [3.05, 3.63) is 30.1 Å². The van der Waals surface area contributed by atoms with Crippen molar-refractivity contribution in [1.82, 2.24) is 24.6 Å². The molecule has 0 spiro atoms. The fraction of sp³-hybridized carbons (Fsp3) is 0.600. The summed E-state index contributed by atoms with van der Waals surface area (Å²) in [6.07, 6.45) is 1.70. The minimum atomic E-state index is -1.24. The highest BCUT2D eigenvalue weighted by molar-refractivity contribution is 5.67. The van der Waals surface area contributed by atoms with Crippen LogP contribution in [0.5, 0.6) is 0 Å². The number of carboxylic acid groups (broad SMARTS) is 3. The number of pyridine rings is 1. The van der Waals surface area contributed by atoms with Gasteiger partial charge in [-0.1, -0.05) is 6.07 Å². The summed E-state index contributed by atoms with van der Waals surface area (Å²) in [5.41, 5.74) is 0.854. The summed E-state index contributed by atoms with van der Waals surface area (Å²) in [6.45, 7) is 2.91. The molecule has 11 nitrogen and oxygen atoms in total. The summed E-state index contributed by atoms with van der Waals surface area (Å²) in [5.74, 6) is -3.64. The molecule has 1 saturated heterocycles. The SMILES string of the molecule is O=C([O-])CN1CCN(CC(=O)[O-])CCN(Cc2ccccn2)CCN(CC(=O)[O-])CC1. The summed E-state index contributed by atoms with van der Waals surface area (Å²) in [5, 5.41) is 33.4. The van der Waals surface area contributed by atoms with Gasteiger partial charge in [-0.05, 0) is 12.1 Å². The molecular formula is C20H28N5O6-3. The highest BCUT2D eigenvalue weighted by Gasteiger charge is 2.17. The zero-order chi connectivity index (χ0) is 22.6. The average molecular weight is 434 g/mol. The van der Waals surface area contributed by atoms with Gasteiger partial charge in [-0.3, -0.25) is 24.6 Å². The Morgan fingerprint density at radius 3 is 1.39 bits per heavy atom. The van der Waals surface area contributed by atoms with Gasteiger partial charge in [-0.2, -0.15) is 0 Å². The van der Waals surface area contributed by atoms with E-state index in [4.69, 9.17) is 0 Å². The summed E-state index contributed by atoms with van der Waals surface area (Å²) >= 11 is 0. The van der Waals surface area contributed by atoms with Gasteiger partial charge in [0.25, 0.3) is 0 Å². The zero-order valence-electron chi connectivity index (χ0n) is 17.5. The Labute approximate surface area is 181 Å². The lowest BCUT2D eigenvalue weighted by Gasteiger charge is -2.34. The summed E-state index contributed by atoms with van der Waals surface area (Å²) in [7, 11) is 0. The van der Waals surface area contributed by atoms with Gasteiger partial charge in [-0.25, -0.2) is 0 Å². The highest BCUT2D eigenvalue weighted by Crippen LogP contribution is 2.05. The molecule has 1 aliphatic rings. The minimum Gasteiger partial charge on any atom is -0.549 e. The van der Waals surface area contributed by atoms with E-state index in [2.05, 4.69) is 9.88 Å². The van der Waals surface area contributed by atoms with Gasteiger partial charge in [0.15, 0.2) is 0 Å². The number of hydrogen-bond acceptors (Lipinski definition) is 11. The molecule has 2 heterocycles. The van der Waals surface area contributed by atoms with Crippen molar-refractivity contribution in [2.24, 2.45) is 0 Å². The first kappa shape index (κ1) is 24.7. The first-order valence-electron chi connectivity index (χ1n) is 10.2. The second kappa shape index (κ2) is 13.0. The quantitative estimate of drug-likeness (QED) is 0.388. The molecular weight excluding hydrogens is 406 g/mol. The molecule has 11 heteroatoms. The maximum Gasteiger partial charge on any atom is 0.0555 e. The van der Waals surface area contributed by atoms with E-state index in [1.807, 2.05) is 18.2 Å². The first-order chi connectivity index (χ1) is 14.8. The Balaban J connectivity index is 2.13. The molecule has 1 fully saturated rings. The van der Waals surface area contributed by atoms with E-state index in [0.717, 1.165) is 5.69 Å². The largest absolute Gasteiger partial charge is 0.549 e. The third-order valence-corrected chi connectivity index (χ3v) is 5.10. The molecule has 0 radical (unpaired) electrons. The standard InChI is InChI=1S/C20H31N5O6/c26-18(27)14-23-7-5-22(13-17-3-1-2-4-21-17)6-8-24(15-19(28)29)10-12-25(11-9-23)16-20(30)31/h1-4H,5-16H2,(H,26,27)(H,28,29)(H,30,31)/p-3. The fourth-order valence-corrected chi connectivity index (χ4v) is 3.48. The predicted octanol–water partition coefficient (Wildman–Crippen LogP) is -4.95. The zero-order valence-corrected chi connectivity index (χ0v) is 17.5. The van der Waals surface area contributed by atoms with Crippen LogP contribution in [-0.4, -0.2) is 114 Å². The monoisotopic (exact) mass is 434 g/mol. The fourth-order valence-electron chi connectivity index (χ4n) is 3.48. The molecule has 2 rings (SSSR count). The van der Waals surface area contributed by atoms with E-state index in [1.165, 1.54) is 0 Å². The third kappa shape index (κ3) is 10.3. The van der Waals surface area contributed by atoms with Crippen molar-refractivity contribution < 1.29 is 29.7 Å². The number of aliphatic carboxylic acids is 3. The van der Waals surface area contributed by atoms with Crippen molar-refractivity contribution in [3.63, 3.8) is 0 Å². The van der Waals surface area contributed by atoms with Crippen molar-refractivity contribution in [3.8, 4) is 0 Å². The number of carbonyl (C=O) groups excluding carboxylic acids is 3. The molecule has 0 saturated carbocycles. The minimum absolute atomic E-state index is 0.257. The van der Waals surface area contributed by atoms with Crippen LogP contribution in [0.15, 0.2) is 24.4 Å². The van der Waals surface area contributed by atoms with Crippen molar-refractivity contribution in [1.29, 1.82) is 0 Å². The summed E-state index contributed by atoms with van der Waals surface area (Å²) < 4.78 is 0. The lowest BCUT2D eigenvalue weighted by molar-refractivity contribution is -0.308. The second-order valence-electron chi connectivity index (χ2n) is 7.54. The Morgan fingerprint density at radius 1 is 0.677 bits per heavy atom. The number of aromatic nitrogens is 1. The Bertz CT molecular complexity index is 687. The Morgan fingerprint density at radius 2 is 1.06 bits per heavy atom. The normalized spacial score (nSPS) is 18.7. The number of carbonyl (C=O) groups is 3. The molecule has 1 aromatic rings. The van der Waals surface area contributed by atoms with Crippen LogP contribution in [0.4, 0.5) is 0 Å². The Hall–Kier alpha value is -2.60. The lowest BCUT2D eigenvalue weighted by atomic mass is 10.3. The number of carboxylic acids is 3. The van der Waals surface area contributed by atoms with Gasteiger partial charge in [0.05, 0.1) is 23.6 Å². The molecule has 1 aliphatic heterocycles. The molecule has 0 bridgehead atoms. The maximum absolute atomic E-state index is 11.2. The molecule has 1 aromatic heterocycles. The molecule has 0 aliphatic carbocycles. The van der Waals surface area contributed by atoms with Crippen LogP contribution in [0, 0.1) is 0 Å². The highest BCUT2D eigenvalue weighted by atomic mass is 16.4. The van der Waals surface area contributed by atoms with Gasteiger partial charge in [0, 0.05) is 84.7 Å². The third-order valence-electron chi connectivity index (χ3n) is 5.10. The van der Waals surface area contributed by atoms with Crippen LogP contribution < -0.4 is 15.3 Å².